The third kappa shape index (κ3) is 8.28. The number of hydrogen-bond acceptors (Lipinski definition) is 5. The zero-order chi connectivity index (χ0) is 26.0. The number of carbonyl (C=O) groups is 2. The van der Waals surface area contributed by atoms with Gasteiger partial charge in [0, 0.05) is 13.1 Å². The van der Waals surface area contributed by atoms with Crippen LogP contribution in [0.15, 0.2) is 48.5 Å². The predicted molar refractivity (Wildman–Crippen MR) is 139 cm³/mol. The van der Waals surface area contributed by atoms with Gasteiger partial charge < -0.3 is 15.0 Å². The van der Waals surface area contributed by atoms with Crippen molar-refractivity contribution in [2.75, 3.05) is 30.3 Å². The van der Waals surface area contributed by atoms with Crippen LogP contribution in [0.2, 0.25) is 0 Å². The highest BCUT2D eigenvalue weighted by molar-refractivity contribution is 7.92. The molecule has 0 aliphatic heterocycles. The molecule has 2 aromatic carbocycles. The first-order valence-electron chi connectivity index (χ1n) is 11.9. The second kappa shape index (κ2) is 13.1. The van der Waals surface area contributed by atoms with Crippen LogP contribution in [0.3, 0.4) is 0 Å². The van der Waals surface area contributed by atoms with Crippen LogP contribution in [0, 0.1) is 6.92 Å². The number of rotatable bonds is 13. The number of benzene rings is 2. The zero-order valence-corrected chi connectivity index (χ0v) is 22.1. The van der Waals surface area contributed by atoms with Crippen LogP contribution >= 0.6 is 0 Å². The van der Waals surface area contributed by atoms with Gasteiger partial charge in [-0.1, -0.05) is 37.6 Å². The van der Waals surface area contributed by atoms with Gasteiger partial charge in [-0.25, -0.2) is 8.42 Å². The van der Waals surface area contributed by atoms with Crippen molar-refractivity contribution in [3.05, 3.63) is 59.7 Å². The minimum atomic E-state index is -3.77. The van der Waals surface area contributed by atoms with Gasteiger partial charge in [0.25, 0.3) is 0 Å². The summed E-state index contributed by atoms with van der Waals surface area (Å²) in [7, 11) is -3.77. The number of nitrogens with zero attached hydrogens (tertiary/aromatic N) is 2. The first kappa shape index (κ1) is 28.2. The minimum Gasteiger partial charge on any atom is -0.494 e. The van der Waals surface area contributed by atoms with E-state index in [9.17, 15) is 18.0 Å². The molecule has 35 heavy (non-hydrogen) atoms. The SMILES string of the molecule is CCCCNC(=O)C(C)N(Cc1ccccc1C)C(=O)CN(c1ccc(OCC)cc1)S(C)(=O)=O. The Morgan fingerprint density at radius 1 is 1.06 bits per heavy atom. The quantitative estimate of drug-likeness (QED) is 0.422. The summed E-state index contributed by atoms with van der Waals surface area (Å²) in [5.41, 5.74) is 2.22. The van der Waals surface area contributed by atoms with Crippen LogP contribution in [0.1, 0.15) is 44.7 Å². The van der Waals surface area contributed by atoms with E-state index < -0.39 is 28.5 Å². The van der Waals surface area contributed by atoms with E-state index in [1.54, 1.807) is 31.2 Å². The Kier molecular flexibility index (Phi) is 10.6. The molecule has 0 heterocycles. The molecule has 0 spiro atoms. The van der Waals surface area contributed by atoms with Gasteiger partial charge in [0.15, 0.2) is 0 Å². The van der Waals surface area contributed by atoms with Crippen LogP contribution in [0.4, 0.5) is 5.69 Å². The van der Waals surface area contributed by atoms with Crippen LogP contribution in [-0.2, 0) is 26.2 Å². The summed E-state index contributed by atoms with van der Waals surface area (Å²) in [6.07, 6.45) is 2.83. The maximum Gasteiger partial charge on any atom is 0.244 e. The van der Waals surface area contributed by atoms with Crippen LogP contribution < -0.4 is 14.4 Å². The summed E-state index contributed by atoms with van der Waals surface area (Å²) < 4.78 is 31.8. The lowest BCUT2D eigenvalue weighted by molar-refractivity contribution is -0.139. The number of unbranched alkanes of at least 4 members (excludes halogenated alkanes) is 1. The minimum absolute atomic E-state index is 0.189. The molecule has 0 bridgehead atoms. The molecule has 2 aromatic rings. The average Bonchev–Trinajstić information content (AvgIpc) is 2.81. The van der Waals surface area contributed by atoms with E-state index in [2.05, 4.69) is 5.32 Å². The zero-order valence-electron chi connectivity index (χ0n) is 21.3. The molecule has 192 valence electrons. The number of anilines is 1. The molecule has 1 atom stereocenters. The number of nitrogens with one attached hydrogen (secondary N) is 1. The molecule has 0 aromatic heterocycles. The van der Waals surface area contributed by atoms with Gasteiger partial charge in [-0.05, 0) is 62.6 Å². The van der Waals surface area contributed by atoms with E-state index in [0.717, 1.165) is 34.5 Å². The molecule has 9 heteroatoms. The third-order valence-corrected chi connectivity index (χ3v) is 6.85. The fraction of sp³-hybridized carbons (Fsp3) is 0.462. The predicted octanol–water partition coefficient (Wildman–Crippen LogP) is 3.49. The molecule has 0 radical (unpaired) electrons. The van der Waals surface area contributed by atoms with Crippen LogP contribution in [0.5, 0.6) is 5.75 Å². The standard InChI is InChI=1S/C26H37N3O5S/c1-6-8-17-27-26(31)21(4)28(18-22-12-10-9-11-20(22)3)25(30)19-29(35(5,32)33)23-13-15-24(16-14-23)34-7-2/h9-16,21H,6-8,17-19H2,1-5H3,(H,27,31). The molecule has 1 N–H and O–H groups in total. The molecule has 0 fully saturated rings. The van der Waals surface area contributed by atoms with Gasteiger partial charge in [-0.3, -0.25) is 13.9 Å². The van der Waals surface area contributed by atoms with Crippen LogP contribution in [0.25, 0.3) is 0 Å². The van der Waals surface area contributed by atoms with Gasteiger partial charge in [0.05, 0.1) is 18.6 Å². The number of hydrogen-bond donors (Lipinski definition) is 1. The summed E-state index contributed by atoms with van der Waals surface area (Å²) in [4.78, 5) is 27.8. The fourth-order valence-corrected chi connectivity index (χ4v) is 4.43. The molecular formula is C26H37N3O5S. The second-order valence-corrected chi connectivity index (χ2v) is 10.4. The Labute approximate surface area is 209 Å². The number of aryl methyl sites for hydroxylation is 1. The van der Waals surface area contributed by atoms with Crippen LogP contribution in [-0.4, -0.2) is 57.1 Å². The van der Waals surface area contributed by atoms with Gasteiger partial charge in [0.1, 0.15) is 18.3 Å². The lowest BCUT2D eigenvalue weighted by atomic mass is 10.1. The first-order valence-corrected chi connectivity index (χ1v) is 13.8. The Balaban J connectivity index is 2.34. The van der Waals surface area contributed by atoms with Crippen molar-refractivity contribution in [2.24, 2.45) is 0 Å². The fourth-order valence-electron chi connectivity index (χ4n) is 3.58. The Morgan fingerprint density at radius 3 is 2.29 bits per heavy atom. The molecule has 8 nitrogen and oxygen atoms in total. The van der Waals surface area contributed by atoms with Crippen molar-refractivity contribution in [2.45, 2.75) is 53.1 Å². The van der Waals surface area contributed by atoms with Crippen molar-refractivity contribution in [1.29, 1.82) is 0 Å². The third-order valence-electron chi connectivity index (χ3n) is 5.71. The van der Waals surface area contributed by atoms with Crippen molar-refractivity contribution < 1.29 is 22.7 Å². The molecule has 2 amide bonds. The molecule has 1 unspecified atom stereocenters. The summed E-state index contributed by atoms with van der Waals surface area (Å²) in [6, 6.07) is 13.4. The Morgan fingerprint density at radius 2 is 1.71 bits per heavy atom. The Bertz CT molecular complexity index is 1090. The maximum absolute atomic E-state index is 13.5. The van der Waals surface area contributed by atoms with E-state index in [0.29, 0.717) is 24.6 Å². The monoisotopic (exact) mass is 503 g/mol. The largest absolute Gasteiger partial charge is 0.494 e. The van der Waals surface area contributed by atoms with Gasteiger partial charge in [-0.2, -0.15) is 0 Å². The molecule has 0 aliphatic rings. The lowest BCUT2D eigenvalue weighted by Gasteiger charge is -2.32. The maximum atomic E-state index is 13.5. The summed E-state index contributed by atoms with van der Waals surface area (Å²) >= 11 is 0. The first-order chi connectivity index (χ1) is 16.6. The number of sulfonamides is 1. The highest BCUT2D eigenvalue weighted by Crippen LogP contribution is 2.23. The van der Waals surface area contributed by atoms with Crippen molar-refractivity contribution in [3.63, 3.8) is 0 Å². The van der Waals surface area contributed by atoms with Gasteiger partial charge >= 0.3 is 0 Å². The summed E-state index contributed by atoms with van der Waals surface area (Å²) in [5, 5.41) is 2.87. The molecule has 0 saturated carbocycles. The van der Waals surface area contributed by atoms with Crippen molar-refractivity contribution >= 4 is 27.5 Å². The molecule has 2 rings (SSSR count). The van der Waals surface area contributed by atoms with E-state index >= 15 is 0 Å². The van der Waals surface area contributed by atoms with Gasteiger partial charge in [0.2, 0.25) is 21.8 Å². The highest BCUT2D eigenvalue weighted by Gasteiger charge is 2.30. The number of amides is 2. The summed E-state index contributed by atoms with van der Waals surface area (Å²) in [5.74, 6) is -0.132. The van der Waals surface area contributed by atoms with Crippen molar-refractivity contribution in [3.8, 4) is 5.75 Å². The van der Waals surface area contributed by atoms with E-state index in [4.69, 9.17) is 4.74 Å². The van der Waals surface area contributed by atoms with E-state index in [1.165, 1.54) is 4.90 Å². The summed E-state index contributed by atoms with van der Waals surface area (Å²) in [6.45, 7) is 8.27. The smallest absolute Gasteiger partial charge is 0.244 e. The topological polar surface area (TPSA) is 96.0 Å². The van der Waals surface area contributed by atoms with E-state index in [1.807, 2.05) is 45.0 Å². The Hall–Kier alpha value is -3.07. The number of ether oxygens (including phenoxy) is 1. The average molecular weight is 504 g/mol. The molecular weight excluding hydrogens is 466 g/mol. The second-order valence-electron chi connectivity index (χ2n) is 8.47. The normalized spacial score (nSPS) is 12.0. The number of carbonyl (C=O) groups excluding carboxylic acids is 2. The lowest BCUT2D eigenvalue weighted by Crippen LogP contribution is -2.51. The highest BCUT2D eigenvalue weighted by atomic mass is 32.2. The van der Waals surface area contributed by atoms with Crippen molar-refractivity contribution in [1.82, 2.24) is 10.2 Å². The van der Waals surface area contributed by atoms with Gasteiger partial charge in [-0.15, -0.1) is 0 Å². The molecule has 0 aliphatic carbocycles. The van der Waals surface area contributed by atoms with E-state index in [-0.39, 0.29) is 12.5 Å². The molecule has 0 saturated heterocycles.